The van der Waals surface area contributed by atoms with Gasteiger partial charge in [-0.2, -0.15) is 0 Å². The van der Waals surface area contributed by atoms with Gasteiger partial charge >= 0.3 is 0 Å². The fourth-order valence-electron chi connectivity index (χ4n) is 2.02. The zero-order chi connectivity index (χ0) is 14.5. The number of nitrogens with zero attached hydrogens (tertiary/aromatic N) is 2. The number of nitrogens with two attached hydrogens (primary N) is 1. The third kappa shape index (κ3) is 3.52. The van der Waals surface area contributed by atoms with Gasteiger partial charge in [0.05, 0.1) is 21.6 Å². The molecule has 2 aromatic rings. The molecule has 0 radical (unpaired) electrons. The molecular formula is C13H16ClFN4S. The van der Waals surface area contributed by atoms with E-state index in [0.717, 1.165) is 29.0 Å². The summed E-state index contributed by atoms with van der Waals surface area (Å²) in [7, 11) is 0. The number of hydrogen-bond acceptors (Lipinski definition) is 5. The number of nitrogens with one attached hydrogen (secondary N) is 1. The molecule has 0 bridgehead atoms. The molecule has 7 heteroatoms. The minimum atomic E-state index is -0.418. The molecule has 1 atom stereocenters. The molecule has 3 N–H and O–H groups in total. The molecule has 0 fully saturated rings. The summed E-state index contributed by atoms with van der Waals surface area (Å²) in [6.45, 7) is 2.09. The third-order valence-electron chi connectivity index (χ3n) is 3.01. The number of rotatable bonds is 6. The van der Waals surface area contributed by atoms with Gasteiger partial charge in [-0.05, 0) is 42.1 Å². The van der Waals surface area contributed by atoms with E-state index in [2.05, 4.69) is 21.9 Å². The molecule has 20 heavy (non-hydrogen) atoms. The number of aryl methyl sites for hydroxylation is 1. The number of hydrogen-bond donors (Lipinski definition) is 2. The van der Waals surface area contributed by atoms with Gasteiger partial charge in [-0.1, -0.05) is 35.5 Å². The van der Waals surface area contributed by atoms with Crippen LogP contribution in [0.1, 0.15) is 35.5 Å². The maximum atomic E-state index is 13.2. The third-order valence-corrected chi connectivity index (χ3v) is 4.18. The Balaban J connectivity index is 2.19. The molecular weight excluding hydrogens is 299 g/mol. The fourth-order valence-corrected chi connectivity index (χ4v) is 2.98. The smallest absolute Gasteiger partial charge is 0.141 e. The molecule has 1 aromatic heterocycles. The molecule has 2 rings (SSSR count). The quantitative estimate of drug-likeness (QED) is 0.635. The zero-order valence-corrected chi connectivity index (χ0v) is 12.6. The van der Waals surface area contributed by atoms with Crippen molar-refractivity contribution < 1.29 is 4.39 Å². The minimum absolute atomic E-state index is 0.0990. The average molecular weight is 315 g/mol. The Morgan fingerprint density at radius 2 is 2.30 bits per heavy atom. The zero-order valence-electron chi connectivity index (χ0n) is 11.1. The van der Waals surface area contributed by atoms with Crippen molar-refractivity contribution in [2.24, 2.45) is 5.84 Å². The Kier molecular flexibility index (Phi) is 5.42. The van der Waals surface area contributed by atoms with Crippen molar-refractivity contribution in [2.45, 2.75) is 32.2 Å². The second kappa shape index (κ2) is 7.08. The summed E-state index contributed by atoms with van der Waals surface area (Å²) in [4.78, 5) is 1.02. The lowest BCUT2D eigenvalue weighted by molar-refractivity contribution is 0.553. The van der Waals surface area contributed by atoms with Gasteiger partial charge in [-0.15, -0.1) is 5.10 Å². The standard InChI is InChI=1S/C13H16ClFN4S/c1-2-3-11-13(20-19-18-11)12(17-16)7-8-4-5-10(15)9(14)6-8/h4-6,12,17H,2-3,7,16H2,1H3. The lowest BCUT2D eigenvalue weighted by Crippen LogP contribution is -2.29. The largest absolute Gasteiger partial charge is 0.271 e. The summed E-state index contributed by atoms with van der Waals surface area (Å²) in [6.07, 6.45) is 2.48. The van der Waals surface area contributed by atoms with Crippen LogP contribution in [0.2, 0.25) is 5.02 Å². The second-order valence-corrected chi connectivity index (χ2v) is 5.70. The van der Waals surface area contributed by atoms with E-state index in [1.807, 2.05) is 0 Å². The SMILES string of the molecule is CCCc1nnsc1C(Cc1ccc(F)c(Cl)c1)NN. The molecule has 108 valence electrons. The highest BCUT2D eigenvalue weighted by Gasteiger charge is 2.18. The Bertz CT molecular complexity index is 575. The van der Waals surface area contributed by atoms with Crippen LogP contribution in [0.25, 0.3) is 0 Å². The Labute approximate surface area is 126 Å². The molecule has 1 unspecified atom stereocenters. The average Bonchev–Trinajstić information content (AvgIpc) is 2.88. The fraction of sp³-hybridized carbons (Fsp3) is 0.385. The summed E-state index contributed by atoms with van der Waals surface area (Å²) >= 11 is 7.14. The number of benzene rings is 1. The van der Waals surface area contributed by atoms with E-state index >= 15 is 0 Å². The molecule has 4 nitrogen and oxygen atoms in total. The Morgan fingerprint density at radius 3 is 2.95 bits per heavy atom. The van der Waals surface area contributed by atoms with Crippen molar-refractivity contribution in [1.82, 2.24) is 15.0 Å². The van der Waals surface area contributed by atoms with Gasteiger partial charge in [0, 0.05) is 0 Å². The van der Waals surface area contributed by atoms with Gasteiger partial charge in [0.25, 0.3) is 0 Å². The van der Waals surface area contributed by atoms with E-state index in [1.165, 1.54) is 17.6 Å². The number of aromatic nitrogens is 2. The van der Waals surface area contributed by atoms with Crippen LogP contribution < -0.4 is 11.3 Å². The van der Waals surface area contributed by atoms with Gasteiger partial charge in [-0.3, -0.25) is 11.3 Å². The molecule has 0 aliphatic rings. The van der Waals surface area contributed by atoms with Crippen LogP contribution in [0.3, 0.4) is 0 Å². The summed E-state index contributed by atoms with van der Waals surface area (Å²) in [5, 5.41) is 4.25. The number of halogens is 2. The van der Waals surface area contributed by atoms with E-state index in [9.17, 15) is 4.39 Å². The van der Waals surface area contributed by atoms with Gasteiger partial charge in [-0.25, -0.2) is 4.39 Å². The van der Waals surface area contributed by atoms with E-state index in [1.54, 1.807) is 12.1 Å². The van der Waals surface area contributed by atoms with Gasteiger partial charge in [0.15, 0.2) is 0 Å². The first-order chi connectivity index (χ1) is 9.65. The van der Waals surface area contributed by atoms with E-state index < -0.39 is 5.82 Å². The Morgan fingerprint density at radius 1 is 1.50 bits per heavy atom. The van der Waals surface area contributed by atoms with Crippen LogP contribution in [-0.2, 0) is 12.8 Å². The summed E-state index contributed by atoms with van der Waals surface area (Å²) in [5.74, 6) is 5.22. The molecule has 1 aromatic carbocycles. The van der Waals surface area contributed by atoms with Crippen molar-refractivity contribution in [3.05, 3.63) is 45.2 Å². The van der Waals surface area contributed by atoms with Crippen molar-refractivity contribution in [2.75, 3.05) is 0 Å². The van der Waals surface area contributed by atoms with Gasteiger partial charge in [0.2, 0.25) is 0 Å². The first-order valence-electron chi connectivity index (χ1n) is 6.36. The van der Waals surface area contributed by atoms with Gasteiger partial charge in [0.1, 0.15) is 5.82 Å². The summed E-state index contributed by atoms with van der Waals surface area (Å²) < 4.78 is 17.2. The van der Waals surface area contributed by atoms with Crippen LogP contribution >= 0.6 is 23.1 Å². The van der Waals surface area contributed by atoms with E-state index in [-0.39, 0.29) is 11.1 Å². The van der Waals surface area contributed by atoms with E-state index in [4.69, 9.17) is 17.4 Å². The maximum Gasteiger partial charge on any atom is 0.141 e. The van der Waals surface area contributed by atoms with E-state index in [0.29, 0.717) is 6.42 Å². The first-order valence-corrected chi connectivity index (χ1v) is 7.52. The lowest BCUT2D eigenvalue weighted by Gasteiger charge is -2.15. The Hall–Kier alpha value is -1.08. The molecule has 0 amide bonds. The monoisotopic (exact) mass is 314 g/mol. The summed E-state index contributed by atoms with van der Waals surface area (Å²) in [5.41, 5.74) is 4.66. The van der Waals surface area contributed by atoms with Crippen LogP contribution in [0, 0.1) is 5.82 Å². The molecule has 0 aliphatic carbocycles. The van der Waals surface area contributed by atoms with Crippen molar-refractivity contribution >= 4 is 23.1 Å². The maximum absolute atomic E-state index is 13.2. The van der Waals surface area contributed by atoms with Crippen LogP contribution in [0.5, 0.6) is 0 Å². The van der Waals surface area contributed by atoms with Crippen molar-refractivity contribution in [1.29, 1.82) is 0 Å². The topological polar surface area (TPSA) is 63.8 Å². The van der Waals surface area contributed by atoms with Crippen LogP contribution in [0.4, 0.5) is 4.39 Å². The second-order valence-electron chi connectivity index (χ2n) is 4.51. The molecule has 1 heterocycles. The predicted octanol–water partition coefficient (Wildman–Crippen LogP) is 3.03. The van der Waals surface area contributed by atoms with Crippen LogP contribution in [0.15, 0.2) is 18.2 Å². The normalized spacial score (nSPS) is 12.6. The van der Waals surface area contributed by atoms with Gasteiger partial charge < -0.3 is 0 Å². The lowest BCUT2D eigenvalue weighted by atomic mass is 10.0. The van der Waals surface area contributed by atoms with Crippen LogP contribution in [-0.4, -0.2) is 9.59 Å². The molecule has 0 spiro atoms. The molecule has 0 saturated heterocycles. The van der Waals surface area contributed by atoms with Crippen molar-refractivity contribution in [3.8, 4) is 0 Å². The molecule has 0 aliphatic heterocycles. The first kappa shape index (κ1) is 15.3. The number of hydrazine groups is 1. The minimum Gasteiger partial charge on any atom is -0.271 e. The molecule has 0 saturated carbocycles. The highest BCUT2D eigenvalue weighted by Crippen LogP contribution is 2.26. The summed E-state index contributed by atoms with van der Waals surface area (Å²) in [6, 6.07) is 4.59. The highest BCUT2D eigenvalue weighted by molar-refractivity contribution is 7.05. The predicted molar refractivity (Wildman–Crippen MR) is 79.1 cm³/mol. The highest BCUT2D eigenvalue weighted by atomic mass is 35.5. The van der Waals surface area contributed by atoms with Crippen molar-refractivity contribution in [3.63, 3.8) is 0 Å².